The quantitative estimate of drug-likeness (QED) is 0.542. The molecule has 2 atom stereocenters. The largest absolute Gasteiger partial charge is 0.0882 e. The van der Waals surface area contributed by atoms with Gasteiger partial charge in [-0.15, -0.1) is 0 Å². The Kier molecular flexibility index (Phi) is 2.75. The first-order valence-electron chi connectivity index (χ1n) is 4.87. The van der Waals surface area contributed by atoms with Gasteiger partial charge >= 0.3 is 0 Å². The minimum absolute atomic E-state index is 0.931. The SMILES string of the molecule is CC=C(CCC)C1C(C)C1C. The zero-order chi connectivity index (χ0) is 8.43. The van der Waals surface area contributed by atoms with Gasteiger partial charge < -0.3 is 0 Å². The molecule has 0 heteroatoms. The molecule has 0 aromatic heterocycles. The molecule has 0 heterocycles. The van der Waals surface area contributed by atoms with Gasteiger partial charge in [0.1, 0.15) is 0 Å². The second kappa shape index (κ2) is 3.42. The van der Waals surface area contributed by atoms with Crippen LogP contribution in [0.4, 0.5) is 0 Å². The summed E-state index contributed by atoms with van der Waals surface area (Å²) in [6.45, 7) is 9.19. The van der Waals surface area contributed by atoms with E-state index >= 15 is 0 Å². The third kappa shape index (κ3) is 1.66. The maximum atomic E-state index is 2.37. The summed E-state index contributed by atoms with van der Waals surface area (Å²) in [5.41, 5.74) is 1.70. The Morgan fingerprint density at radius 1 is 1.27 bits per heavy atom. The van der Waals surface area contributed by atoms with Crippen molar-refractivity contribution in [2.75, 3.05) is 0 Å². The van der Waals surface area contributed by atoms with Gasteiger partial charge in [0.05, 0.1) is 0 Å². The van der Waals surface area contributed by atoms with Gasteiger partial charge in [0, 0.05) is 0 Å². The molecule has 1 saturated carbocycles. The van der Waals surface area contributed by atoms with Crippen LogP contribution in [0.2, 0.25) is 0 Å². The Labute approximate surface area is 70.7 Å². The van der Waals surface area contributed by atoms with E-state index < -0.39 is 0 Å². The summed E-state index contributed by atoms with van der Waals surface area (Å²) < 4.78 is 0. The van der Waals surface area contributed by atoms with Crippen LogP contribution >= 0.6 is 0 Å². The fourth-order valence-electron chi connectivity index (χ4n) is 2.13. The second-order valence-electron chi connectivity index (χ2n) is 3.86. The van der Waals surface area contributed by atoms with Crippen molar-refractivity contribution in [2.45, 2.75) is 40.5 Å². The average Bonchev–Trinajstić information content (AvgIpc) is 2.56. The van der Waals surface area contributed by atoms with E-state index in [1.807, 2.05) is 0 Å². The van der Waals surface area contributed by atoms with Crippen LogP contribution in [-0.4, -0.2) is 0 Å². The Balaban J connectivity index is 2.46. The summed E-state index contributed by atoms with van der Waals surface area (Å²) in [4.78, 5) is 0. The summed E-state index contributed by atoms with van der Waals surface area (Å²) in [5, 5.41) is 0. The van der Waals surface area contributed by atoms with Gasteiger partial charge in [0.2, 0.25) is 0 Å². The lowest BCUT2D eigenvalue weighted by molar-refractivity contribution is 0.762. The monoisotopic (exact) mass is 152 g/mol. The number of hydrogen-bond donors (Lipinski definition) is 0. The number of allylic oxidation sites excluding steroid dienone is 2. The molecular weight excluding hydrogens is 132 g/mol. The molecule has 2 unspecified atom stereocenters. The molecule has 1 aliphatic rings. The van der Waals surface area contributed by atoms with E-state index in [9.17, 15) is 0 Å². The maximum Gasteiger partial charge on any atom is -0.0146 e. The van der Waals surface area contributed by atoms with E-state index in [2.05, 4.69) is 33.8 Å². The van der Waals surface area contributed by atoms with Crippen LogP contribution in [0.1, 0.15) is 40.5 Å². The average molecular weight is 152 g/mol. The lowest BCUT2D eigenvalue weighted by atomic mass is 10.0. The van der Waals surface area contributed by atoms with Crippen molar-refractivity contribution in [1.82, 2.24) is 0 Å². The molecule has 0 nitrogen and oxygen atoms in total. The lowest BCUT2D eigenvalue weighted by Crippen LogP contribution is -1.87. The molecule has 0 amide bonds. The first kappa shape index (κ1) is 8.83. The number of rotatable bonds is 3. The summed E-state index contributed by atoms with van der Waals surface area (Å²) >= 11 is 0. The van der Waals surface area contributed by atoms with Crippen LogP contribution in [0.5, 0.6) is 0 Å². The van der Waals surface area contributed by atoms with Crippen molar-refractivity contribution in [3.63, 3.8) is 0 Å². The highest BCUT2D eigenvalue weighted by atomic mass is 14.5. The second-order valence-corrected chi connectivity index (χ2v) is 3.86. The molecule has 0 radical (unpaired) electrons. The van der Waals surface area contributed by atoms with Gasteiger partial charge in [-0.1, -0.05) is 38.8 Å². The minimum atomic E-state index is 0.931. The van der Waals surface area contributed by atoms with Crippen molar-refractivity contribution >= 4 is 0 Å². The molecule has 1 aliphatic carbocycles. The highest BCUT2D eigenvalue weighted by Crippen LogP contribution is 2.51. The van der Waals surface area contributed by atoms with Gasteiger partial charge in [-0.3, -0.25) is 0 Å². The predicted molar refractivity (Wildman–Crippen MR) is 50.5 cm³/mol. The molecule has 0 bridgehead atoms. The van der Waals surface area contributed by atoms with Gasteiger partial charge in [-0.25, -0.2) is 0 Å². The van der Waals surface area contributed by atoms with Crippen LogP contribution in [0.25, 0.3) is 0 Å². The Bertz CT molecular complexity index is 147. The topological polar surface area (TPSA) is 0 Å². The number of hydrogen-bond acceptors (Lipinski definition) is 0. The smallest absolute Gasteiger partial charge is 0.0146 e. The molecule has 0 spiro atoms. The summed E-state index contributed by atoms with van der Waals surface area (Å²) in [6, 6.07) is 0. The molecule has 0 aliphatic heterocycles. The predicted octanol–water partition coefficient (Wildman–Crippen LogP) is 3.63. The summed E-state index contributed by atoms with van der Waals surface area (Å²) in [7, 11) is 0. The van der Waals surface area contributed by atoms with Crippen molar-refractivity contribution < 1.29 is 0 Å². The highest BCUT2D eigenvalue weighted by molar-refractivity contribution is 5.16. The summed E-state index contributed by atoms with van der Waals surface area (Å²) in [6.07, 6.45) is 4.94. The minimum Gasteiger partial charge on any atom is -0.0882 e. The zero-order valence-electron chi connectivity index (χ0n) is 8.22. The van der Waals surface area contributed by atoms with Gasteiger partial charge in [-0.05, 0) is 31.1 Å². The molecule has 1 fully saturated rings. The van der Waals surface area contributed by atoms with Crippen molar-refractivity contribution in [2.24, 2.45) is 17.8 Å². The summed E-state index contributed by atoms with van der Waals surface area (Å²) in [5.74, 6) is 2.83. The van der Waals surface area contributed by atoms with E-state index in [0.29, 0.717) is 0 Å². The molecule has 11 heavy (non-hydrogen) atoms. The molecule has 0 aromatic rings. The Morgan fingerprint density at radius 3 is 2.09 bits per heavy atom. The molecule has 0 N–H and O–H groups in total. The highest BCUT2D eigenvalue weighted by Gasteiger charge is 2.43. The Morgan fingerprint density at radius 2 is 1.82 bits per heavy atom. The first-order valence-corrected chi connectivity index (χ1v) is 4.87. The van der Waals surface area contributed by atoms with Crippen molar-refractivity contribution in [3.8, 4) is 0 Å². The third-order valence-corrected chi connectivity index (χ3v) is 3.16. The molecular formula is C11H20. The van der Waals surface area contributed by atoms with Crippen LogP contribution in [0.3, 0.4) is 0 Å². The lowest BCUT2D eigenvalue weighted by Gasteiger charge is -2.02. The zero-order valence-corrected chi connectivity index (χ0v) is 8.22. The van der Waals surface area contributed by atoms with Gasteiger partial charge in [0.25, 0.3) is 0 Å². The van der Waals surface area contributed by atoms with E-state index in [1.165, 1.54) is 12.8 Å². The third-order valence-electron chi connectivity index (χ3n) is 3.16. The van der Waals surface area contributed by atoms with E-state index in [0.717, 1.165) is 17.8 Å². The normalized spacial score (nSPS) is 37.5. The van der Waals surface area contributed by atoms with Crippen molar-refractivity contribution in [3.05, 3.63) is 11.6 Å². The molecule has 0 saturated heterocycles. The van der Waals surface area contributed by atoms with Gasteiger partial charge in [0.15, 0.2) is 0 Å². The Hall–Kier alpha value is -0.260. The van der Waals surface area contributed by atoms with E-state index in [1.54, 1.807) is 5.57 Å². The van der Waals surface area contributed by atoms with Crippen molar-refractivity contribution in [1.29, 1.82) is 0 Å². The van der Waals surface area contributed by atoms with Gasteiger partial charge in [-0.2, -0.15) is 0 Å². The molecule has 64 valence electrons. The molecule has 1 rings (SSSR count). The molecule has 0 aromatic carbocycles. The fraction of sp³-hybridized carbons (Fsp3) is 0.818. The maximum absolute atomic E-state index is 2.37. The first-order chi connectivity index (χ1) is 5.22. The standard InChI is InChI=1S/C11H20/c1-5-7-10(6-2)11-8(3)9(11)4/h6,8-9,11H,5,7H2,1-4H3. The van der Waals surface area contributed by atoms with E-state index in [4.69, 9.17) is 0 Å². The van der Waals surface area contributed by atoms with Crippen LogP contribution in [0.15, 0.2) is 11.6 Å². The fourth-order valence-corrected chi connectivity index (χ4v) is 2.13. The van der Waals surface area contributed by atoms with Crippen LogP contribution in [0, 0.1) is 17.8 Å². The van der Waals surface area contributed by atoms with Crippen LogP contribution < -0.4 is 0 Å². The van der Waals surface area contributed by atoms with E-state index in [-0.39, 0.29) is 0 Å². The van der Waals surface area contributed by atoms with Crippen LogP contribution in [-0.2, 0) is 0 Å².